The maximum absolute atomic E-state index is 12.8. The second-order valence-corrected chi connectivity index (χ2v) is 9.05. The number of para-hydroxylation sites is 1. The number of benzene rings is 2. The van der Waals surface area contributed by atoms with E-state index in [4.69, 9.17) is 0 Å². The van der Waals surface area contributed by atoms with Crippen LogP contribution in [-0.4, -0.2) is 48.3 Å². The second-order valence-electron chi connectivity index (χ2n) is 7.12. The maximum atomic E-state index is 12.8. The first kappa shape index (κ1) is 22.0. The topological polar surface area (TPSA) is 75.5 Å². The smallest absolute Gasteiger partial charge is 0.243 e. The van der Waals surface area contributed by atoms with Crippen molar-refractivity contribution in [1.82, 2.24) is 13.9 Å². The van der Waals surface area contributed by atoms with Gasteiger partial charge in [0, 0.05) is 45.7 Å². The fourth-order valence-electron chi connectivity index (χ4n) is 3.51. The Bertz CT molecular complexity index is 1140. The Labute approximate surface area is 178 Å². The number of rotatable bonds is 8. The number of imidazole rings is 1. The van der Waals surface area contributed by atoms with Gasteiger partial charge in [0.05, 0.1) is 15.9 Å². The largest absolute Gasteiger partial charge is 0.331 e. The van der Waals surface area contributed by atoms with E-state index in [1.807, 2.05) is 55.8 Å². The van der Waals surface area contributed by atoms with E-state index < -0.39 is 10.0 Å². The molecule has 0 N–H and O–H groups in total. The van der Waals surface area contributed by atoms with Crippen LogP contribution in [0.3, 0.4) is 0 Å². The molecule has 0 aliphatic rings. The van der Waals surface area contributed by atoms with Crippen LogP contribution in [0, 0.1) is 0 Å². The molecule has 0 atom stereocenters. The van der Waals surface area contributed by atoms with E-state index in [1.165, 1.54) is 4.31 Å². The van der Waals surface area contributed by atoms with Crippen LogP contribution in [0.5, 0.6) is 0 Å². The number of amides is 1. The summed E-state index contributed by atoms with van der Waals surface area (Å²) in [6.07, 6.45) is 0.784. The number of carbonyl (C=O) groups is 1. The molecule has 0 unspecified atom stereocenters. The minimum absolute atomic E-state index is 0.00180. The molecule has 1 aromatic heterocycles. The highest BCUT2D eigenvalue weighted by Crippen LogP contribution is 2.23. The third-order valence-electron chi connectivity index (χ3n) is 5.37. The third-order valence-corrected chi connectivity index (χ3v) is 7.41. The number of hydrogen-bond acceptors (Lipinski definition) is 4. The molecular weight excluding hydrogens is 400 g/mol. The van der Waals surface area contributed by atoms with Gasteiger partial charge in [-0.3, -0.25) is 4.79 Å². The van der Waals surface area contributed by atoms with E-state index in [0.29, 0.717) is 31.4 Å². The zero-order valence-corrected chi connectivity index (χ0v) is 18.7. The first-order valence-electron chi connectivity index (χ1n) is 10.1. The predicted octanol–water partition coefficient (Wildman–Crippen LogP) is 3.20. The molecule has 1 heterocycles. The Hall–Kier alpha value is -2.71. The molecule has 8 heteroatoms. The number of nitrogens with zero attached hydrogens (tertiary/aromatic N) is 4. The van der Waals surface area contributed by atoms with Gasteiger partial charge in [0.15, 0.2) is 0 Å². The quantitative estimate of drug-likeness (QED) is 0.552. The van der Waals surface area contributed by atoms with Crippen molar-refractivity contribution < 1.29 is 13.2 Å². The molecular formula is C22H28N4O3S. The van der Waals surface area contributed by atoms with Crippen molar-refractivity contribution in [2.24, 2.45) is 7.05 Å². The Morgan fingerprint density at radius 1 is 1.07 bits per heavy atom. The van der Waals surface area contributed by atoms with Gasteiger partial charge in [-0.1, -0.05) is 32.0 Å². The van der Waals surface area contributed by atoms with Crippen LogP contribution in [0.25, 0.3) is 11.0 Å². The fraction of sp³-hybridized carbons (Fsp3) is 0.364. The Kier molecular flexibility index (Phi) is 6.58. The summed E-state index contributed by atoms with van der Waals surface area (Å²) in [4.78, 5) is 19.1. The van der Waals surface area contributed by atoms with E-state index in [2.05, 4.69) is 4.98 Å². The first-order valence-corrected chi connectivity index (χ1v) is 11.5. The molecule has 0 aliphatic heterocycles. The standard InChI is InChI=1S/C22H28N4O3S/c1-5-26(6-2)30(28,29)18-12-13-20-19(16-18)23-21(25(20)4)14-15-22(27)24(3)17-10-8-7-9-11-17/h7-13,16H,5-6,14-15H2,1-4H3. The fourth-order valence-corrected chi connectivity index (χ4v) is 4.99. The van der Waals surface area contributed by atoms with Gasteiger partial charge in [-0.05, 0) is 30.3 Å². The van der Waals surface area contributed by atoms with Crippen LogP contribution < -0.4 is 4.90 Å². The van der Waals surface area contributed by atoms with Gasteiger partial charge in [0.2, 0.25) is 15.9 Å². The molecule has 0 spiro atoms. The SMILES string of the molecule is CCN(CC)S(=O)(=O)c1ccc2c(c1)nc(CCC(=O)N(C)c1ccccc1)n2C. The van der Waals surface area contributed by atoms with Crippen molar-refractivity contribution >= 4 is 32.7 Å². The highest BCUT2D eigenvalue weighted by molar-refractivity contribution is 7.89. The molecule has 1 amide bonds. The molecule has 2 aromatic carbocycles. The summed E-state index contributed by atoms with van der Waals surface area (Å²) in [6, 6.07) is 14.5. The van der Waals surface area contributed by atoms with Crippen molar-refractivity contribution in [3.8, 4) is 0 Å². The van der Waals surface area contributed by atoms with Gasteiger partial charge in [-0.15, -0.1) is 0 Å². The lowest BCUT2D eigenvalue weighted by atomic mass is 10.2. The van der Waals surface area contributed by atoms with Gasteiger partial charge in [0.1, 0.15) is 5.82 Å². The Morgan fingerprint density at radius 2 is 1.73 bits per heavy atom. The average molecular weight is 429 g/mol. The number of carbonyl (C=O) groups excluding carboxylic acids is 1. The summed E-state index contributed by atoms with van der Waals surface area (Å²) in [6.45, 7) is 4.48. The monoisotopic (exact) mass is 428 g/mol. The molecule has 3 rings (SSSR count). The van der Waals surface area contributed by atoms with Gasteiger partial charge in [-0.25, -0.2) is 13.4 Å². The van der Waals surface area contributed by atoms with Crippen LogP contribution in [0.15, 0.2) is 53.4 Å². The minimum Gasteiger partial charge on any atom is -0.331 e. The number of fused-ring (bicyclic) bond motifs is 1. The molecule has 30 heavy (non-hydrogen) atoms. The lowest BCUT2D eigenvalue weighted by molar-refractivity contribution is -0.118. The van der Waals surface area contributed by atoms with Gasteiger partial charge in [-0.2, -0.15) is 4.31 Å². The zero-order valence-electron chi connectivity index (χ0n) is 17.9. The summed E-state index contributed by atoms with van der Waals surface area (Å²) in [5, 5.41) is 0. The Balaban J connectivity index is 1.81. The molecule has 0 radical (unpaired) electrons. The zero-order chi connectivity index (χ0) is 21.9. The highest BCUT2D eigenvalue weighted by atomic mass is 32.2. The van der Waals surface area contributed by atoms with Crippen LogP contribution in [0.2, 0.25) is 0 Å². The Morgan fingerprint density at radius 3 is 2.37 bits per heavy atom. The summed E-state index contributed by atoms with van der Waals surface area (Å²) >= 11 is 0. The number of aromatic nitrogens is 2. The third kappa shape index (κ3) is 4.24. The molecule has 3 aromatic rings. The second kappa shape index (κ2) is 8.97. The summed E-state index contributed by atoms with van der Waals surface area (Å²) in [5.41, 5.74) is 2.30. The lowest BCUT2D eigenvalue weighted by Gasteiger charge is -2.18. The van der Waals surface area contributed by atoms with Crippen LogP contribution in [-0.2, 0) is 28.3 Å². The van der Waals surface area contributed by atoms with Gasteiger partial charge >= 0.3 is 0 Å². The van der Waals surface area contributed by atoms with Crippen LogP contribution in [0.4, 0.5) is 5.69 Å². The van der Waals surface area contributed by atoms with Crippen LogP contribution >= 0.6 is 0 Å². The average Bonchev–Trinajstić information content (AvgIpc) is 3.07. The first-order chi connectivity index (χ1) is 14.3. The lowest BCUT2D eigenvalue weighted by Crippen LogP contribution is -2.30. The maximum Gasteiger partial charge on any atom is 0.243 e. The number of aryl methyl sites for hydroxylation is 2. The molecule has 0 saturated carbocycles. The van der Waals surface area contributed by atoms with E-state index in [1.54, 1.807) is 30.1 Å². The molecule has 0 fully saturated rings. The van der Waals surface area contributed by atoms with Crippen molar-refractivity contribution in [2.75, 3.05) is 25.0 Å². The van der Waals surface area contributed by atoms with E-state index in [-0.39, 0.29) is 10.8 Å². The molecule has 0 aliphatic carbocycles. The normalized spacial score (nSPS) is 11.9. The summed E-state index contributed by atoms with van der Waals surface area (Å²) < 4.78 is 28.9. The minimum atomic E-state index is -3.54. The molecule has 160 valence electrons. The van der Waals surface area contributed by atoms with Crippen molar-refractivity contribution in [2.45, 2.75) is 31.6 Å². The van der Waals surface area contributed by atoms with E-state index in [9.17, 15) is 13.2 Å². The summed E-state index contributed by atoms with van der Waals surface area (Å²) in [5.74, 6) is 0.746. The van der Waals surface area contributed by atoms with E-state index in [0.717, 1.165) is 17.0 Å². The van der Waals surface area contributed by atoms with E-state index >= 15 is 0 Å². The van der Waals surface area contributed by atoms with Crippen LogP contribution in [0.1, 0.15) is 26.1 Å². The molecule has 0 bridgehead atoms. The molecule has 7 nitrogen and oxygen atoms in total. The number of sulfonamides is 1. The van der Waals surface area contributed by atoms with Crippen molar-refractivity contribution in [1.29, 1.82) is 0 Å². The molecule has 0 saturated heterocycles. The van der Waals surface area contributed by atoms with Crippen molar-refractivity contribution in [3.05, 3.63) is 54.4 Å². The number of anilines is 1. The van der Waals surface area contributed by atoms with Crippen molar-refractivity contribution in [3.63, 3.8) is 0 Å². The predicted molar refractivity (Wildman–Crippen MR) is 119 cm³/mol. The van der Waals surface area contributed by atoms with Gasteiger partial charge in [0.25, 0.3) is 0 Å². The summed E-state index contributed by atoms with van der Waals surface area (Å²) in [7, 11) is 0.104. The number of hydrogen-bond donors (Lipinski definition) is 0. The van der Waals surface area contributed by atoms with Gasteiger partial charge < -0.3 is 9.47 Å². The highest BCUT2D eigenvalue weighted by Gasteiger charge is 2.23.